The second-order valence-corrected chi connectivity index (χ2v) is 10.5. The summed E-state index contributed by atoms with van der Waals surface area (Å²) in [5, 5.41) is 3.97. The Morgan fingerprint density at radius 3 is 2.32 bits per heavy atom. The number of nitrogens with one attached hydrogen (secondary N) is 2. The Kier molecular flexibility index (Phi) is 6.25. The highest BCUT2D eigenvalue weighted by molar-refractivity contribution is 7.91. The molecule has 31 heavy (non-hydrogen) atoms. The second-order valence-electron chi connectivity index (χ2n) is 7.77. The Morgan fingerprint density at radius 2 is 1.71 bits per heavy atom. The lowest BCUT2D eigenvalue weighted by molar-refractivity contribution is 0.100. The van der Waals surface area contributed by atoms with Crippen LogP contribution in [0.4, 0.5) is 5.69 Å². The van der Waals surface area contributed by atoms with Crippen molar-refractivity contribution in [3.05, 3.63) is 65.2 Å². The topological polar surface area (TPSA) is 131 Å². The van der Waals surface area contributed by atoms with Crippen LogP contribution in [0.25, 0.3) is 11.1 Å². The molecule has 0 saturated heterocycles. The predicted molar refractivity (Wildman–Crippen MR) is 121 cm³/mol. The number of benzene rings is 2. The van der Waals surface area contributed by atoms with E-state index in [9.17, 15) is 18.0 Å². The summed E-state index contributed by atoms with van der Waals surface area (Å²) in [6.07, 6.45) is 0. The number of rotatable bonds is 6. The molecule has 0 unspecified atom stereocenters. The van der Waals surface area contributed by atoms with E-state index < -0.39 is 27.4 Å². The Balaban J connectivity index is 1.92. The van der Waals surface area contributed by atoms with Crippen LogP contribution in [0.3, 0.4) is 0 Å². The van der Waals surface area contributed by atoms with E-state index in [0.29, 0.717) is 5.56 Å². The van der Waals surface area contributed by atoms with E-state index in [4.69, 9.17) is 5.73 Å². The van der Waals surface area contributed by atoms with Crippen molar-refractivity contribution in [3.8, 4) is 11.1 Å². The summed E-state index contributed by atoms with van der Waals surface area (Å²) >= 11 is 0.833. The number of carbonyl (C=O) groups excluding carboxylic acids is 2. The molecule has 3 aromatic rings. The average Bonchev–Trinajstić information content (AvgIpc) is 3.18. The number of amides is 2. The fourth-order valence-corrected chi connectivity index (χ4v) is 5.31. The Morgan fingerprint density at radius 1 is 1.03 bits per heavy atom. The molecular formula is C21H22N4O4S2. The highest BCUT2D eigenvalue weighted by Gasteiger charge is 2.26. The van der Waals surface area contributed by atoms with Crippen LogP contribution in [0.15, 0.2) is 58.3 Å². The second kappa shape index (κ2) is 8.58. The fourth-order valence-electron chi connectivity index (χ4n) is 2.90. The van der Waals surface area contributed by atoms with Gasteiger partial charge in [0.25, 0.3) is 21.8 Å². The van der Waals surface area contributed by atoms with E-state index in [2.05, 4.69) is 15.0 Å². The van der Waals surface area contributed by atoms with E-state index >= 15 is 0 Å². The van der Waals surface area contributed by atoms with E-state index in [1.54, 1.807) is 39.0 Å². The number of thiazole rings is 1. The van der Waals surface area contributed by atoms with Gasteiger partial charge in [-0.2, -0.15) is 0 Å². The van der Waals surface area contributed by atoms with Gasteiger partial charge in [-0.05, 0) is 38.0 Å². The van der Waals surface area contributed by atoms with Crippen molar-refractivity contribution >= 4 is 38.9 Å². The lowest BCUT2D eigenvalue weighted by Gasteiger charge is -2.18. The quantitative estimate of drug-likeness (QED) is 0.522. The minimum Gasteiger partial charge on any atom is -0.366 e. The number of nitrogens with two attached hydrogens (primary N) is 1. The van der Waals surface area contributed by atoms with Crippen LogP contribution in [-0.4, -0.2) is 30.8 Å². The molecule has 162 valence electrons. The molecule has 0 atom stereocenters. The van der Waals surface area contributed by atoms with Crippen LogP contribution in [-0.2, 0) is 10.0 Å². The first-order valence-electron chi connectivity index (χ1n) is 9.27. The monoisotopic (exact) mass is 458 g/mol. The normalized spacial score (nSPS) is 11.8. The molecule has 0 fully saturated rings. The summed E-state index contributed by atoms with van der Waals surface area (Å²) in [5.41, 5.74) is 6.52. The highest BCUT2D eigenvalue weighted by atomic mass is 32.2. The number of nitrogens with zero attached hydrogens (tertiary/aromatic N) is 1. The zero-order valence-corrected chi connectivity index (χ0v) is 18.8. The molecule has 0 aliphatic heterocycles. The number of aromatic nitrogens is 1. The summed E-state index contributed by atoms with van der Waals surface area (Å²) in [5.74, 6) is -1.35. The van der Waals surface area contributed by atoms with Gasteiger partial charge >= 0.3 is 0 Å². The van der Waals surface area contributed by atoms with Crippen LogP contribution < -0.4 is 15.8 Å². The van der Waals surface area contributed by atoms with E-state index in [0.717, 1.165) is 16.9 Å². The number of carbonyl (C=O) groups is 2. The van der Waals surface area contributed by atoms with Crippen molar-refractivity contribution in [1.29, 1.82) is 0 Å². The van der Waals surface area contributed by atoms with Gasteiger partial charge in [-0.25, -0.2) is 18.1 Å². The minimum absolute atomic E-state index is 0.0835. The van der Waals surface area contributed by atoms with Crippen molar-refractivity contribution in [2.45, 2.75) is 30.6 Å². The van der Waals surface area contributed by atoms with E-state index in [-0.39, 0.29) is 21.3 Å². The van der Waals surface area contributed by atoms with Gasteiger partial charge in [-0.15, -0.1) is 11.3 Å². The number of primary amides is 1. The van der Waals surface area contributed by atoms with Gasteiger partial charge in [0.2, 0.25) is 4.34 Å². The third kappa shape index (κ3) is 5.35. The molecule has 10 heteroatoms. The van der Waals surface area contributed by atoms with Gasteiger partial charge in [0, 0.05) is 10.9 Å². The lowest BCUT2D eigenvalue weighted by atomic mass is 9.97. The van der Waals surface area contributed by atoms with Crippen molar-refractivity contribution in [3.63, 3.8) is 0 Å². The summed E-state index contributed by atoms with van der Waals surface area (Å²) in [7, 11) is -3.86. The maximum Gasteiger partial charge on any atom is 0.275 e. The van der Waals surface area contributed by atoms with E-state index in [1.807, 2.05) is 30.3 Å². The van der Waals surface area contributed by atoms with Gasteiger partial charge in [0.05, 0.1) is 11.3 Å². The number of hydrogen-bond donors (Lipinski definition) is 3. The lowest BCUT2D eigenvalue weighted by Crippen LogP contribution is -2.40. The van der Waals surface area contributed by atoms with Crippen molar-refractivity contribution in [1.82, 2.24) is 9.71 Å². The van der Waals surface area contributed by atoms with Gasteiger partial charge < -0.3 is 11.1 Å². The first-order chi connectivity index (χ1) is 14.5. The van der Waals surface area contributed by atoms with Crippen molar-refractivity contribution < 1.29 is 18.0 Å². The third-order valence-corrected chi connectivity index (χ3v) is 7.04. The van der Waals surface area contributed by atoms with Crippen LogP contribution in [0, 0.1) is 0 Å². The summed E-state index contributed by atoms with van der Waals surface area (Å²) in [4.78, 5) is 28.9. The largest absolute Gasteiger partial charge is 0.366 e. The number of hydrogen-bond acceptors (Lipinski definition) is 6. The molecule has 0 radical (unpaired) electrons. The fraction of sp³-hybridized carbons (Fsp3) is 0.190. The molecule has 2 aromatic carbocycles. The van der Waals surface area contributed by atoms with Crippen LogP contribution in [0.5, 0.6) is 0 Å². The van der Waals surface area contributed by atoms with E-state index in [1.165, 1.54) is 5.38 Å². The first kappa shape index (κ1) is 22.6. The Labute approximate surface area is 184 Å². The predicted octanol–water partition coefficient (Wildman–Crippen LogP) is 3.24. The minimum atomic E-state index is -3.86. The molecule has 8 nitrogen and oxygen atoms in total. The zero-order valence-electron chi connectivity index (χ0n) is 17.2. The summed E-state index contributed by atoms with van der Waals surface area (Å²) < 4.78 is 27.1. The molecule has 3 rings (SSSR count). The highest BCUT2D eigenvalue weighted by Crippen LogP contribution is 2.29. The SMILES string of the molecule is CC(C)(C)NS(=O)(=O)c1nc(C(=O)Nc2cccc(-c3ccccc3)c2C(N)=O)cs1. The molecule has 4 N–H and O–H groups in total. The van der Waals surface area contributed by atoms with Crippen LogP contribution >= 0.6 is 11.3 Å². The Hall–Kier alpha value is -3.08. The maximum absolute atomic E-state index is 12.7. The number of anilines is 1. The molecule has 1 aromatic heterocycles. The number of sulfonamides is 1. The zero-order chi connectivity index (χ0) is 22.8. The molecular weight excluding hydrogens is 436 g/mol. The van der Waals surface area contributed by atoms with Gasteiger partial charge in [0.15, 0.2) is 0 Å². The van der Waals surface area contributed by atoms with Crippen LogP contribution in [0.2, 0.25) is 0 Å². The molecule has 0 spiro atoms. The molecule has 1 heterocycles. The summed E-state index contributed by atoms with van der Waals surface area (Å²) in [6, 6.07) is 14.1. The first-order valence-corrected chi connectivity index (χ1v) is 11.6. The van der Waals surface area contributed by atoms with Gasteiger partial charge in [-0.3, -0.25) is 9.59 Å². The van der Waals surface area contributed by atoms with Crippen molar-refractivity contribution in [2.75, 3.05) is 5.32 Å². The van der Waals surface area contributed by atoms with Gasteiger partial charge in [0.1, 0.15) is 5.69 Å². The smallest absolute Gasteiger partial charge is 0.275 e. The van der Waals surface area contributed by atoms with Gasteiger partial charge in [-0.1, -0.05) is 42.5 Å². The van der Waals surface area contributed by atoms with Crippen LogP contribution in [0.1, 0.15) is 41.6 Å². The molecule has 0 aliphatic carbocycles. The van der Waals surface area contributed by atoms with Crippen molar-refractivity contribution in [2.24, 2.45) is 5.73 Å². The molecule has 2 amide bonds. The summed E-state index contributed by atoms with van der Waals surface area (Å²) in [6.45, 7) is 5.12. The Bertz CT molecular complexity index is 1230. The maximum atomic E-state index is 12.7. The third-order valence-electron chi connectivity index (χ3n) is 4.03. The molecule has 0 bridgehead atoms. The molecule has 0 saturated carbocycles. The average molecular weight is 459 g/mol. The molecule has 0 aliphatic rings. The standard InChI is InChI=1S/C21H22N4O4S2/c1-21(2,3)25-31(28,29)20-24-16(12-30-20)19(27)23-15-11-7-10-14(17(15)18(22)26)13-8-5-4-6-9-13/h4-12,25H,1-3H3,(H2,22,26)(H,23,27).